The van der Waals surface area contributed by atoms with Crippen LogP contribution in [0.15, 0.2) is 6.20 Å². The Morgan fingerprint density at radius 2 is 2.10 bits per heavy atom. The molecule has 116 valence electrons. The summed E-state index contributed by atoms with van der Waals surface area (Å²) in [6.45, 7) is 11.5. The molecule has 0 spiro atoms. The zero-order valence-electron chi connectivity index (χ0n) is 13.3. The van der Waals surface area contributed by atoms with Gasteiger partial charge in [0.25, 0.3) is 0 Å². The highest BCUT2D eigenvalue weighted by molar-refractivity contribution is 5.15. The molecule has 1 rings (SSSR count). The number of methoxy groups -OCH3 is 1. The quantitative estimate of drug-likeness (QED) is 0.631. The van der Waals surface area contributed by atoms with Gasteiger partial charge in [0.1, 0.15) is 0 Å². The molecule has 0 aromatic carbocycles. The van der Waals surface area contributed by atoms with Gasteiger partial charge in [-0.2, -0.15) is 5.10 Å². The highest BCUT2D eigenvalue weighted by Crippen LogP contribution is 2.07. The van der Waals surface area contributed by atoms with Crippen LogP contribution in [0.1, 0.15) is 31.5 Å². The lowest BCUT2D eigenvalue weighted by Gasteiger charge is -2.08. The van der Waals surface area contributed by atoms with Gasteiger partial charge in [0.05, 0.1) is 19.3 Å². The molecule has 0 saturated carbocycles. The van der Waals surface area contributed by atoms with Crippen LogP contribution in [0.4, 0.5) is 0 Å². The lowest BCUT2D eigenvalue weighted by Crippen LogP contribution is -2.19. The fourth-order valence-electron chi connectivity index (χ4n) is 1.94. The van der Waals surface area contributed by atoms with E-state index >= 15 is 0 Å². The molecule has 1 heterocycles. The van der Waals surface area contributed by atoms with Gasteiger partial charge in [0.15, 0.2) is 0 Å². The predicted octanol–water partition coefficient (Wildman–Crippen LogP) is 1.99. The molecule has 0 unspecified atom stereocenters. The van der Waals surface area contributed by atoms with E-state index in [1.807, 2.05) is 10.9 Å². The second-order valence-corrected chi connectivity index (χ2v) is 5.46. The van der Waals surface area contributed by atoms with E-state index < -0.39 is 0 Å². The molecule has 0 aliphatic carbocycles. The second kappa shape index (κ2) is 9.91. The third-order valence-electron chi connectivity index (χ3n) is 3.16. The van der Waals surface area contributed by atoms with E-state index in [1.165, 1.54) is 11.3 Å². The number of ether oxygens (including phenoxy) is 2. The van der Waals surface area contributed by atoms with Crippen molar-refractivity contribution in [3.8, 4) is 0 Å². The van der Waals surface area contributed by atoms with Crippen LogP contribution >= 0.6 is 0 Å². The van der Waals surface area contributed by atoms with Crippen molar-refractivity contribution in [1.82, 2.24) is 15.1 Å². The van der Waals surface area contributed by atoms with Crippen LogP contribution in [0.2, 0.25) is 0 Å². The number of nitrogens with zero attached hydrogens (tertiary/aromatic N) is 2. The van der Waals surface area contributed by atoms with E-state index in [4.69, 9.17) is 9.47 Å². The van der Waals surface area contributed by atoms with E-state index in [1.54, 1.807) is 7.11 Å². The maximum Gasteiger partial charge on any atom is 0.0662 e. The van der Waals surface area contributed by atoms with Gasteiger partial charge in [-0.3, -0.25) is 4.68 Å². The number of aromatic nitrogens is 2. The van der Waals surface area contributed by atoms with Crippen LogP contribution in [0.25, 0.3) is 0 Å². The number of rotatable bonds is 11. The molecule has 0 aliphatic heterocycles. The molecular weight excluding hydrogens is 254 g/mol. The van der Waals surface area contributed by atoms with Crippen molar-refractivity contribution in [3.05, 3.63) is 17.5 Å². The van der Waals surface area contributed by atoms with E-state index in [-0.39, 0.29) is 0 Å². The highest BCUT2D eigenvalue weighted by Gasteiger charge is 2.06. The largest absolute Gasteiger partial charge is 0.385 e. The van der Waals surface area contributed by atoms with Crippen LogP contribution in [-0.2, 0) is 22.6 Å². The Kier molecular flexibility index (Phi) is 8.49. The molecule has 0 atom stereocenters. The first-order chi connectivity index (χ1) is 9.65. The molecule has 0 radical (unpaired) electrons. The standard InChI is InChI=1S/C15H29N3O2/c1-13(2)10-16-11-15-12-17-18(14(15)3)6-9-20-8-5-7-19-4/h12-13,16H,5-11H2,1-4H3. The Balaban J connectivity index is 2.24. The first kappa shape index (κ1) is 17.1. The van der Waals surface area contributed by atoms with Crippen molar-refractivity contribution in [2.75, 3.05) is 33.5 Å². The Bertz CT molecular complexity index is 364. The fourth-order valence-corrected chi connectivity index (χ4v) is 1.94. The third-order valence-corrected chi connectivity index (χ3v) is 3.16. The zero-order valence-corrected chi connectivity index (χ0v) is 13.3. The Morgan fingerprint density at radius 3 is 2.80 bits per heavy atom. The second-order valence-electron chi connectivity index (χ2n) is 5.46. The lowest BCUT2D eigenvalue weighted by atomic mass is 10.2. The molecule has 5 heteroatoms. The molecule has 0 aliphatic rings. The van der Waals surface area contributed by atoms with Crippen LogP contribution < -0.4 is 5.32 Å². The molecule has 0 amide bonds. The Labute approximate surface area is 122 Å². The summed E-state index contributed by atoms with van der Waals surface area (Å²) < 4.78 is 12.6. The van der Waals surface area contributed by atoms with Crippen molar-refractivity contribution >= 4 is 0 Å². The monoisotopic (exact) mass is 283 g/mol. The fraction of sp³-hybridized carbons (Fsp3) is 0.800. The van der Waals surface area contributed by atoms with Gasteiger partial charge in [-0.15, -0.1) is 0 Å². The van der Waals surface area contributed by atoms with E-state index in [0.29, 0.717) is 12.5 Å². The maximum absolute atomic E-state index is 5.56. The minimum absolute atomic E-state index is 0.672. The normalized spacial score (nSPS) is 11.4. The summed E-state index contributed by atoms with van der Waals surface area (Å²) in [4.78, 5) is 0. The molecule has 1 aromatic rings. The van der Waals surface area contributed by atoms with Gasteiger partial charge in [0.2, 0.25) is 0 Å². The smallest absolute Gasteiger partial charge is 0.0662 e. The number of hydrogen-bond acceptors (Lipinski definition) is 4. The van der Waals surface area contributed by atoms with Crippen molar-refractivity contribution in [2.24, 2.45) is 5.92 Å². The van der Waals surface area contributed by atoms with Crippen LogP contribution in [0, 0.1) is 12.8 Å². The van der Waals surface area contributed by atoms with Gasteiger partial charge in [-0.25, -0.2) is 0 Å². The van der Waals surface area contributed by atoms with E-state index in [2.05, 4.69) is 31.2 Å². The topological polar surface area (TPSA) is 48.3 Å². The molecule has 0 bridgehead atoms. The van der Waals surface area contributed by atoms with Crippen molar-refractivity contribution in [3.63, 3.8) is 0 Å². The molecule has 1 N–H and O–H groups in total. The minimum Gasteiger partial charge on any atom is -0.385 e. The van der Waals surface area contributed by atoms with Gasteiger partial charge in [-0.05, 0) is 25.8 Å². The summed E-state index contributed by atoms with van der Waals surface area (Å²) in [5.74, 6) is 0.672. The first-order valence-electron chi connectivity index (χ1n) is 7.43. The highest BCUT2D eigenvalue weighted by atomic mass is 16.5. The Morgan fingerprint density at radius 1 is 1.30 bits per heavy atom. The minimum atomic E-state index is 0.672. The third kappa shape index (κ3) is 6.50. The summed E-state index contributed by atoms with van der Waals surface area (Å²) in [6.07, 6.45) is 2.90. The lowest BCUT2D eigenvalue weighted by molar-refractivity contribution is 0.0958. The summed E-state index contributed by atoms with van der Waals surface area (Å²) in [6, 6.07) is 0. The molecular formula is C15H29N3O2. The van der Waals surface area contributed by atoms with Crippen LogP contribution in [0.5, 0.6) is 0 Å². The van der Waals surface area contributed by atoms with Crippen molar-refractivity contribution in [1.29, 1.82) is 0 Å². The average molecular weight is 283 g/mol. The molecule has 0 fully saturated rings. The van der Waals surface area contributed by atoms with Gasteiger partial charge in [-0.1, -0.05) is 13.8 Å². The van der Waals surface area contributed by atoms with Crippen LogP contribution in [0.3, 0.4) is 0 Å². The molecule has 5 nitrogen and oxygen atoms in total. The molecule has 20 heavy (non-hydrogen) atoms. The van der Waals surface area contributed by atoms with Crippen LogP contribution in [-0.4, -0.2) is 43.3 Å². The zero-order chi connectivity index (χ0) is 14.8. The summed E-state index contributed by atoms with van der Waals surface area (Å²) in [5, 5.41) is 7.87. The summed E-state index contributed by atoms with van der Waals surface area (Å²) in [7, 11) is 1.71. The maximum atomic E-state index is 5.56. The molecule has 1 aromatic heterocycles. The summed E-state index contributed by atoms with van der Waals surface area (Å²) in [5.41, 5.74) is 2.49. The predicted molar refractivity (Wildman–Crippen MR) is 80.8 cm³/mol. The number of nitrogens with one attached hydrogen (secondary N) is 1. The summed E-state index contributed by atoms with van der Waals surface area (Å²) >= 11 is 0. The number of hydrogen-bond donors (Lipinski definition) is 1. The van der Waals surface area contributed by atoms with Gasteiger partial charge in [0, 0.05) is 38.1 Å². The Hall–Kier alpha value is -0.910. The van der Waals surface area contributed by atoms with Crippen molar-refractivity contribution in [2.45, 2.75) is 40.3 Å². The SMILES string of the molecule is COCCCOCCn1ncc(CNCC(C)C)c1C. The first-order valence-corrected chi connectivity index (χ1v) is 7.43. The van der Waals surface area contributed by atoms with E-state index in [9.17, 15) is 0 Å². The van der Waals surface area contributed by atoms with Gasteiger partial charge < -0.3 is 14.8 Å². The van der Waals surface area contributed by atoms with Gasteiger partial charge >= 0.3 is 0 Å². The van der Waals surface area contributed by atoms with Crippen molar-refractivity contribution < 1.29 is 9.47 Å². The van der Waals surface area contributed by atoms with E-state index in [0.717, 1.165) is 39.3 Å². The molecule has 0 saturated heterocycles. The average Bonchev–Trinajstić information content (AvgIpc) is 2.75.